The molecule has 138 valence electrons. The largest absolute Gasteiger partial charge is 0.369 e. The fraction of sp³-hybridized carbons (Fsp3) is 0. The molecule has 0 aliphatic carbocycles. The van der Waals surface area contributed by atoms with Crippen molar-refractivity contribution in [1.82, 2.24) is 3.97 Å². The first kappa shape index (κ1) is 18.1. The van der Waals surface area contributed by atoms with Crippen molar-refractivity contribution in [3.8, 4) is 0 Å². The van der Waals surface area contributed by atoms with Crippen LogP contribution in [0.2, 0.25) is 0 Å². The summed E-state index contributed by atoms with van der Waals surface area (Å²) in [7, 11) is -4.08. The Labute approximate surface area is 153 Å². The van der Waals surface area contributed by atoms with Crippen molar-refractivity contribution >= 4 is 38.8 Å². The molecule has 4 N–H and O–H groups in total. The number of nitro benzene ring substituents is 1. The Kier molecular flexibility index (Phi) is 4.60. The first-order valence-electron chi connectivity index (χ1n) is 7.53. The van der Waals surface area contributed by atoms with Crippen molar-refractivity contribution in [1.29, 1.82) is 0 Å². The van der Waals surface area contributed by atoms with Crippen LogP contribution in [0.4, 0.5) is 5.69 Å². The molecule has 0 amide bonds. The van der Waals surface area contributed by atoms with Crippen LogP contribution in [0.5, 0.6) is 0 Å². The summed E-state index contributed by atoms with van der Waals surface area (Å²) in [6.07, 6.45) is 2.67. The van der Waals surface area contributed by atoms with Gasteiger partial charge in [-0.2, -0.15) is 5.10 Å². The molecule has 0 spiro atoms. The number of nitro groups is 1. The van der Waals surface area contributed by atoms with Gasteiger partial charge in [0.1, 0.15) is 0 Å². The number of nitrogens with zero attached hydrogens (tertiary/aromatic N) is 4. The molecule has 3 aromatic rings. The average molecular weight is 386 g/mol. The standard InChI is InChI=1S/C16H14N6O4S/c17-16(18)20-19-9-11-10-21(15-7-2-1-6-14(11)15)27(25,26)13-5-3-4-12(8-13)22(23)24/h1-10H,(H4,17,18,20)/b19-9+. The summed E-state index contributed by atoms with van der Waals surface area (Å²) in [5, 5.41) is 18.8. The molecule has 1 heterocycles. The molecule has 0 saturated carbocycles. The van der Waals surface area contributed by atoms with E-state index < -0.39 is 14.9 Å². The molecule has 10 nitrogen and oxygen atoms in total. The van der Waals surface area contributed by atoms with E-state index >= 15 is 0 Å². The van der Waals surface area contributed by atoms with Gasteiger partial charge < -0.3 is 11.5 Å². The number of fused-ring (bicyclic) bond motifs is 1. The van der Waals surface area contributed by atoms with Gasteiger partial charge in [0.05, 0.1) is 21.6 Å². The number of rotatable bonds is 5. The van der Waals surface area contributed by atoms with E-state index in [4.69, 9.17) is 11.5 Å². The molecular weight excluding hydrogens is 372 g/mol. The predicted octanol–water partition coefficient (Wildman–Crippen LogP) is 1.39. The highest BCUT2D eigenvalue weighted by Gasteiger charge is 2.22. The lowest BCUT2D eigenvalue weighted by atomic mass is 10.2. The quantitative estimate of drug-likeness (QED) is 0.292. The maximum absolute atomic E-state index is 13.0. The maximum Gasteiger partial charge on any atom is 0.270 e. The molecule has 0 radical (unpaired) electrons. The molecule has 0 saturated heterocycles. The van der Waals surface area contributed by atoms with Crippen molar-refractivity contribution in [3.63, 3.8) is 0 Å². The van der Waals surface area contributed by atoms with Crippen LogP contribution < -0.4 is 11.5 Å². The third-order valence-corrected chi connectivity index (χ3v) is 5.33. The van der Waals surface area contributed by atoms with E-state index in [-0.39, 0.29) is 16.5 Å². The summed E-state index contributed by atoms with van der Waals surface area (Å²) in [6.45, 7) is 0. The Balaban J connectivity index is 2.19. The topological polar surface area (TPSA) is 159 Å². The van der Waals surface area contributed by atoms with Crippen LogP contribution in [-0.4, -0.2) is 29.5 Å². The molecule has 11 heteroatoms. The van der Waals surface area contributed by atoms with Crippen molar-refractivity contribution in [2.24, 2.45) is 21.7 Å². The number of benzene rings is 2. The van der Waals surface area contributed by atoms with Crippen LogP contribution in [0.25, 0.3) is 10.9 Å². The molecule has 0 atom stereocenters. The summed E-state index contributed by atoms with van der Waals surface area (Å²) < 4.78 is 27.1. The van der Waals surface area contributed by atoms with E-state index in [1.165, 1.54) is 30.6 Å². The molecule has 27 heavy (non-hydrogen) atoms. The fourth-order valence-corrected chi connectivity index (χ4v) is 3.92. The molecule has 2 aromatic carbocycles. The van der Waals surface area contributed by atoms with Gasteiger partial charge in [-0.25, -0.2) is 12.4 Å². The maximum atomic E-state index is 13.0. The predicted molar refractivity (Wildman–Crippen MR) is 101 cm³/mol. The summed E-state index contributed by atoms with van der Waals surface area (Å²) in [5.41, 5.74) is 11.0. The highest BCUT2D eigenvalue weighted by molar-refractivity contribution is 7.90. The van der Waals surface area contributed by atoms with E-state index in [1.54, 1.807) is 24.3 Å². The number of hydrogen-bond donors (Lipinski definition) is 2. The van der Waals surface area contributed by atoms with E-state index in [9.17, 15) is 18.5 Å². The zero-order valence-electron chi connectivity index (χ0n) is 13.8. The Bertz CT molecular complexity index is 1190. The lowest BCUT2D eigenvalue weighted by molar-refractivity contribution is -0.385. The third kappa shape index (κ3) is 3.48. The van der Waals surface area contributed by atoms with Crippen LogP contribution in [0, 0.1) is 10.1 Å². The van der Waals surface area contributed by atoms with Gasteiger partial charge in [0.15, 0.2) is 0 Å². The summed E-state index contributed by atoms with van der Waals surface area (Å²) in [6, 6.07) is 11.6. The van der Waals surface area contributed by atoms with Crippen molar-refractivity contribution in [2.45, 2.75) is 4.90 Å². The average Bonchev–Trinajstić information content (AvgIpc) is 3.01. The Morgan fingerprint density at radius 3 is 2.59 bits per heavy atom. The monoisotopic (exact) mass is 386 g/mol. The second kappa shape index (κ2) is 6.88. The van der Waals surface area contributed by atoms with E-state index in [2.05, 4.69) is 10.2 Å². The minimum Gasteiger partial charge on any atom is -0.369 e. The Morgan fingerprint density at radius 2 is 1.89 bits per heavy atom. The van der Waals surface area contributed by atoms with Crippen molar-refractivity contribution in [2.75, 3.05) is 0 Å². The smallest absolute Gasteiger partial charge is 0.270 e. The molecule has 0 bridgehead atoms. The lowest BCUT2D eigenvalue weighted by Crippen LogP contribution is -2.21. The number of non-ortho nitro benzene ring substituents is 1. The van der Waals surface area contributed by atoms with Crippen LogP contribution in [0.1, 0.15) is 5.56 Å². The third-order valence-electron chi connectivity index (χ3n) is 3.66. The van der Waals surface area contributed by atoms with E-state index in [0.29, 0.717) is 16.5 Å². The van der Waals surface area contributed by atoms with E-state index in [0.717, 1.165) is 10.0 Å². The highest BCUT2D eigenvalue weighted by atomic mass is 32.2. The van der Waals surface area contributed by atoms with Crippen LogP contribution in [-0.2, 0) is 10.0 Å². The van der Waals surface area contributed by atoms with Crippen LogP contribution in [0.3, 0.4) is 0 Å². The van der Waals surface area contributed by atoms with Gasteiger partial charge in [0, 0.05) is 29.3 Å². The zero-order valence-corrected chi connectivity index (χ0v) is 14.6. The number of nitrogens with two attached hydrogens (primary N) is 2. The summed E-state index contributed by atoms with van der Waals surface area (Å²) in [5.74, 6) is -0.237. The van der Waals surface area contributed by atoms with Crippen LogP contribution >= 0.6 is 0 Å². The normalized spacial score (nSPS) is 11.7. The van der Waals surface area contributed by atoms with Gasteiger partial charge in [-0.3, -0.25) is 10.1 Å². The molecule has 0 aliphatic rings. The first-order chi connectivity index (χ1) is 12.8. The van der Waals surface area contributed by atoms with Gasteiger partial charge in [-0.15, -0.1) is 5.10 Å². The first-order valence-corrected chi connectivity index (χ1v) is 8.97. The van der Waals surface area contributed by atoms with Crippen molar-refractivity contribution < 1.29 is 13.3 Å². The number of para-hydroxylation sites is 1. The lowest BCUT2D eigenvalue weighted by Gasteiger charge is -2.07. The zero-order chi connectivity index (χ0) is 19.6. The highest BCUT2D eigenvalue weighted by Crippen LogP contribution is 2.26. The molecular formula is C16H14N6O4S. The molecule has 1 aromatic heterocycles. The molecule has 0 unspecified atom stereocenters. The summed E-state index contributed by atoms with van der Waals surface area (Å²) in [4.78, 5) is 10.1. The van der Waals surface area contributed by atoms with Crippen LogP contribution in [0.15, 0.2) is 69.8 Å². The minimum absolute atomic E-state index is 0.204. The van der Waals surface area contributed by atoms with Gasteiger partial charge in [-0.1, -0.05) is 24.3 Å². The minimum atomic E-state index is -4.08. The van der Waals surface area contributed by atoms with Gasteiger partial charge in [-0.05, 0) is 12.1 Å². The van der Waals surface area contributed by atoms with Gasteiger partial charge >= 0.3 is 0 Å². The SMILES string of the molecule is NC(N)=N/N=C/c1cn(S(=O)(=O)c2cccc([N+](=O)[O-])c2)c2ccccc12. The molecule has 0 fully saturated rings. The fourth-order valence-electron chi connectivity index (χ4n) is 2.51. The van der Waals surface area contributed by atoms with Crippen molar-refractivity contribution in [3.05, 3.63) is 70.4 Å². The second-order valence-corrected chi connectivity index (χ2v) is 7.24. The van der Waals surface area contributed by atoms with Gasteiger partial charge in [0.25, 0.3) is 15.7 Å². The number of guanidine groups is 1. The molecule has 0 aliphatic heterocycles. The summed E-state index contributed by atoms with van der Waals surface area (Å²) >= 11 is 0. The van der Waals surface area contributed by atoms with E-state index in [1.807, 2.05) is 0 Å². The second-order valence-electron chi connectivity index (χ2n) is 5.43. The number of hydrogen-bond acceptors (Lipinski definition) is 6. The Hall–Kier alpha value is -3.73. The molecule has 3 rings (SSSR count). The Morgan fingerprint density at radius 1 is 1.15 bits per heavy atom. The number of aromatic nitrogens is 1. The van der Waals surface area contributed by atoms with Gasteiger partial charge in [0.2, 0.25) is 5.96 Å².